The number of rotatable bonds is 6. The maximum absolute atomic E-state index is 13.2. The normalized spacial score (nSPS) is 18.3. The first kappa shape index (κ1) is 23.4. The Hall–Kier alpha value is -2.75. The van der Waals surface area contributed by atoms with Crippen LogP contribution in [-0.4, -0.2) is 57.4 Å². The van der Waals surface area contributed by atoms with Crippen molar-refractivity contribution < 1.29 is 22.7 Å². The van der Waals surface area contributed by atoms with E-state index in [-0.39, 0.29) is 23.3 Å². The van der Waals surface area contributed by atoms with E-state index in [1.807, 2.05) is 31.2 Å². The van der Waals surface area contributed by atoms with Gasteiger partial charge in [0.2, 0.25) is 21.8 Å². The minimum atomic E-state index is -3.69. The van der Waals surface area contributed by atoms with Gasteiger partial charge in [0.05, 0.1) is 23.5 Å². The van der Waals surface area contributed by atoms with Crippen molar-refractivity contribution in [3.8, 4) is 0 Å². The van der Waals surface area contributed by atoms with E-state index in [1.54, 1.807) is 26.0 Å². The molecule has 2 aromatic rings. The molecule has 2 heterocycles. The van der Waals surface area contributed by atoms with Gasteiger partial charge >= 0.3 is 0 Å². The molecule has 9 heteroatoms. The van der Waals surface area contributed by atoms with Gasteiger partial charge in [0.1, 0.15) is 6.54 Å². The summed E-state index contributed by atoms with van der Waals surface area (Å²) in [7, 11) is -3.69. The van der Waals surface area contributed by atoms with Gasteiger partial charge in [-0.3, -0.25) is 9.59 Å². The number of sulfonamides is 1. The Labute approximate surface area is 194 Å². The predicted molar refractivity (Wildman–Crippen MR) is 124 cm³/mol. The fraction of sp³-hybridized carbons (Fsp3) is 0.417. The van der Waals surface area contributed by atoms with Gasteiger partial charge < -0.3 is 15.0 Å². The van der Waals surface area contributed by atoms with Gasteiger partial charge in [-0.2, -0.15) is 4.31 Å². The summed E-state index contributed by atoms with van der Waals surface area (Å²) in [4.78, 5) is 27.4. The zero-order valence-corrected chi connectivity index (χ0v) is 19.9. The first-order valence-corrected chi connectivity index (χ1v) is 12.4. The lowest BCUT2D eigenvalue weighted by molar-refractivity contribution is -0.125. The van der Waals surface area contributed by atoms with E-state index in [9.17, 15) is 18.0 Å². The number of nitrogens with one attached hydrogen (secondary N) is 1. The third-order valence-corrected chi connectivity index (χ3v) is 8.13. The van der Waals surface area contributed by atoms with Crippen molar-refractivity contribution in [2.45, 2.75) is 37.6 Å². The summed E-state index contributed by atoms with van der Waals surface area (Å²) in [5, 5.41) is 2.86. The van der Waals surface area contributed by atoms with Crippen LogP contribution >= 0.6 is 0 Å². The highest BCUT2D eigenvalue weighted by Crippen LogP contribution is 2.42. The van der Waals surface area contributed by atoms with E-state index in [0.717, 1.165) is 11.1 Å². The second-order valence-corrected chi connectivity index (χ2v) is 10.9. The van der Waals surface area contributed by atoms with Gasteiger partial charge in [-0.15, -0.1) is 0 Å². The maximum atomic E-state index is 13.2. The van der Waals surface area contributed by atoms with E-state index in [0.29, 0.717) is 44.1 Å². The third-order valence-electron chi connectivity index (χ3n) is 6.23. The van der Waals surface area contributed by atoms with Gasteiger partial charge in [0.15, 0.2) is 0 Å². The average molecular weight is 472 g/mol. The fourth-order valence-corrected chi connectivity index (χ4v) is 5.61. The van der Waals surface area contributed by atoms with E-state index < -0.39 is 15.4 Å². The molecule has 1 saturated heterocycles. The number of hydrogen-bond donors (Lipinski definition) is 1. The zero-order valence-electron chi connectivity index (χ0n) is 19.1. The van der Waals surface area contributed by atoms with E-state index in [2.05, 4.69) is 5.32 Å². The Morgan fingerprint density at radius 3 is 2.42 bits per heavy atom. The quantitative estimate of drug-likeness (QED) is 0.695. The van der Waals surface area contributed by atoms with E-state index in [1.165, 1.54) is 15.3 Å². The lowest BCUT2D eigenvalue weighted by Gasteiger charge is -2.26. The number of aryl methyl sites for hydroxylation is 1. The largest absolute Gasteiger partial charge is 0.379 e. The van der Waals surface area contributed by atoms with Crippen LogP contribution in [0.25, 0.3) is 0 Å². The Balaban J connectivity index is 1.53. The monoisotopic (exact) mass is 471 g/mol. The summed E-state index contributed by atoms with van der Waals surface area (Å²) in [6.07, 6.45) is 0. The highest BCUT2D eigenvalue weighted by atomic mass is 32.2. The second kappa shape index (κ2) is 8.89. The van der Waals surface area contributed by atoms with Gasteiger partial charge in [-0.25, -0.2) is 8.42 Å². The van der Waals surface area contributed by atoms with Crippen LogP contribution in [0.15, 0.2) is 47.4 Å². The van der Waals surface area contributed by atoms with Gasteiger partial charge in [-0.1, -0.05) is 29.8 Å². The maximum Gasteiger partial charge on any atom is 0.243 e. The molecule has 0 saturated carbocycles. The lowest BCUT2D eigenvalue weighted by atomic mass is 9.86. The first-order valence-electron chi connectivity index (χ1n) is 11.0. The molecule has 0 unspecified atom stereocenters. The Morgan fingerprint density at radius 2 is 1.76 bits per heavy atom. The molecule has 8 nitrogen and oxygen atoms in total. The number of morpholine rings is 1. The Bertz CT molecular complexity index is 1170. The van der Waals surface area contributed by atoms with Crippen LogP contribution in [0, 0.1) is 6.92 Å². The molecule has 4 rings (SSSR count). The highest BCUT2D eigenvalue weighted by Gasteiger charge is 2.45. The summed E-state index contributed by atoms with van der Waals surface area (Å²) in [5.74, 6) is -0.513. The van der Waals surface area contributed by atoms with Crippen LogP contribution in [0.3, 0.4) is 0 Å². The van der Waals surface area contributed by atoms with Crippen LogP contribution < -0.4 is 10.2 Å². The van der Waals surface area contributed by atoms with Crippen molar-refractivity contribution >= 4 is 27.5 Å². The summed E-state index contributed by atoms with van der Waals surface area (Å²) in [6, 6.07) is 12.6. The van der Waals surface area contributed by atoms with Crippen LogP contribution in [0.4, 0.5) is 5.69 Å². The van der Waals surface area contributed by atoms with Crippen molar-refractivity contribution in [2.24, 2.45) is 0 Å². The molecule has 176 valence electrons. The third kappa shape index (κ3) is 4.53. The summed E-state index contributed by atoms with van der Waals surface area (Å²) in [5.41, 5.74) is 2.34. The molecule has 0 bridgehead atoms. The molecule has 1 N–H and O–H groups in total. The second-order valence-electron chi connectivity index (χ2n) is 8.97. The van der Waals surface area contributed by atoms with Crippen LogP contribution in [-0.2, 0) is 36.3 Å². The van der Waals surface area contributed by atoms with Crippen LogP contribution in [0.2, 0.25) is 0 Å². The minimum Gasteiger partial charge on any atom is -0.379 e. The molecule has 0 aliphatic carbocycles. The van der Waals surface area contributed by atoms with Crippen molar-refractivity contribution in [2.75, 3.05) is 37.7 Å². The SMILES string of the molecule is Cc1ccc(CNC(=O)CN2C(=O)C(C)(C)c3cc(S(=O)(=O)N4CCOCC4)ccc32)cc1. The first-order chi connectivity index (χ1) is 15.6. The number of hydrogen-bond acceptors (Lipinski definition) is 5. The molecule has 2 aliphatic heterocycles. The summed E-state index contributed by atoms with van der Waals surface area (Å²) in [6.45, 7) is 7.07. The number of carbonyl (C=O) groups is 2. The van der Waals surface area contributed by atoms with Gasteiger partial charge in [-0.05, 0) is 50.1 Å². The lowest BCUT2D eigenvalue weighted by Crippen LogP contribution is -2.42. The molecule has 1 fully saturated rings. The van der Waals surface area contributed by atoms with E-state index in [4.69, 9.17) is 4.74 Å². The van der Waals surface area contributed by atoms with Crippen LogP contribution in [0.1, 0.15) is 30.5 Å². The molecule has 0 atom stereocenters. The molecule has 33 heavy (non-hydrogen) atoms. The van der Waals surface area contributed by atoms with Gasteiger partial charge in [0, 0.05) is 25.3 Å². The Morgan fingerprint density at radius 1 is 1.09 bits per heavy atom. The van der Waals surface area contributed by atoms with Gasteiger partial charge in [0.25, 0.3) is 0 Å². The van der Waals surface area contributed by atoms with E-state index >= 15 is 0 Å². The molecule has 0 aromatic heterocycles. The highest BCUT2D eigenvalue weighted by molar-refractivity contribution is 7.89. The topological polar surface area (TPSA) is 96.0 Å². The molecular weight excluding hydrogens is 442 g/mol. The molecule has 2 aliphatic rings. The number of ether oxygens (including phenoxy) is 1. The Kier molecular flexibility index (Phi) is 6.30. The smallest absolute Gasteiger partial charge is 0.243 e. The number of benzene rings is 2. The number of anilines is 1. The predicted octanol–water partition coefficient (Wildman–Crippen LogP) is 1.96. The number of nitrogens with zero attached hydrogens (tertiary/aromatic N) is 2. The van der Waals surface area contributed by atoms with Crippen molar-refractivity contribution in [1.82, 2.24) is 9.62 Å². The molecule has 0 radical (unpaired) electrons. The number of carbonyl (C=O) groups excluding carboxylic acids is 2. The zero-order chi connectivity index (χ0) is 23.8. The summed E-state index contributed by atoms with van der Waals surface area (Å²) < 4.78 is 32.8. The molecule has 0 spiro atoms. The van der Waals surface area contributed by atoms with Crippen molar-refractivity contribution in [1.29, 1.82) is 0 Å². The van der Waals surface area contributed by atoms with Crippen molar-refractivity contribution in [3.05, 3.63) is 59.2 Å². The fourth-order valence-electron chi connectivity index (χ4n) is 4.17. The molecule has 2 aromatic carbocycles. The van der Waals surface area contributed by atoms with Crippen LogP contribution in [0.5, 0.6) is 0 Å². The molecular formula is C24H29N3O5S. The minimum absolute atomic E-state index is 0.128. The average Bonchev–Trinajstić information content (AvgIpc) is 2.99. The summed E-state index contributed by atoms with van der Waals surface area (Å²) >= 11 is 0. The molecule has 2 amide bonds. The number of fused-ring (bicyclic) bond motifs is 1. The van der Waals surface area contributed by atoms with Crippen molar-refractivity contribution in [3.63, 3.8) is 0 Å². The number of amides is 2. The standard InChI is InChI=1S/C24H29N3O5S/c1-17-4-6-18(7-5-17)15-25-22(28)16-27-21-9-8-19(14-20(21)24(2,3)23(27)29)33(30,31)26-10-12-32-13-11-26/h4-9,14H,10-13,15-16H2,1-3H3,(H,25,28).